The van der Waals surface area contributed by atoms with Gasteiger partial charge in [-0.2, -0.15) is 5.10 Å². The van der Waals surface area contributed by atoms with Gasteiger partial charge in [0.2, 0.25) is 5.78 Å². The Kier molecular flexibility index (Phi) is 2.64. The maximum Gasteiger partial charge on any atom is 0.215 e. The first-order chi connectivity index (χ1) is 8.75. The third-order valence-electron chi connectivity index (χ3n) is 2.51. The zero-order chi connectivity index (χ0) is 12.5. The van der Waals surface area contributed by atoms with E-state index in [1.807, 2.05) is 0 Å². The molecule has 0 spiro atoms. The molecule has 0 unspecified atom stereocenters. The van der Waals surface area contributed by atoms with Crippen LogP contribution in [0.25, 0.3) is 5.52 Å². The molecule has 0 N–H and O–H groups in total. The number of pyridine rings is 1. The summed E-state index contributed by atoms with van der Waals surface area (Å²) < 4.78 is 2.32. The number of hydrogen-bond acceptors (Lipinski definition) is 4. The van der Waals surface area contributed by atoms with Crippen molar-refractivity contribution in [2.45, 2.75) is 0 Å². The predicted octanol–water partition coefficient (Wildman–Crippen LogP) is 2.12. The topological polar surface area (TPSA) is 60.2 Å². The first-order valence-electron chi connectivity index (χ1n) is 5.19. The minimum atomic E-state index is -0.168. The molecule has 6 heteroatoms. The highest BCUT2D eigenvalue weighted by Crippen LogP contribution is 2.18. The first kappa shape index (κ1) is 11.0. The predicted molar refractivity (Wildman–Crippen MR) is 68.4 cm³/mol. The molecule has 3 rings (SSSR count). The lowest BCUT2D eigenvalue weighted by Crippen LogP contribution is -2.04. The Balaban J connectivity index is 2.10. The molecule has 18 heavy (non-hydrogen) atoms. The number of fused-ring (bicyclic) bond motifs is 1. The van der Waals surface area contributed by atoms with Crippen molar-refractivity contribution in [3.63, 3.8) is 0 Å². The normalized spacial score (nSPS) is 10.7. The van der Waals surface area contributed by atoms with Crippen molar-refractivity contribution in [1.82, 2.24) is 19.6 Å². The van der Waals surface area contributed by atoms with E-state index in [0.29, 0.717) is 15.7 Å². The highest BCUT2D eigenvalue weighted by Gasteiger charge is 2.16. The van der Waals surface area contributed by atoms with E-state index in [-0.39, 0.29) is 5.78 Å². The molecule has 0 saturated heterocycles. The summed E-state index contributed by atoms with van der Waals surface area (Å²) in [6.45, 7) is 0. The van der Waals surface area contributed by atoms with Crippen molar-refractivity contribution in [3.8, 4) is 0 Å². The van der Waals surface area contributed by atoms with Gasteiger partial charge < -0.3 is 0 Å². The molecule has 0 aliphatic rings. The van der Waals surface area contributed by atoms with Gasteiger partial charge in [-0.25, -0.2) is 4.52 Å². The van der Waals surface area contributed by atoms with Gasteiger partial charge in [-0.05, 0) is 28.1 Å². The van der Waals surface area contributed by atoms with Crippen LogP contribution < -0.4 is 0 Å². The van der Waals surface area contributed by atoms with Crippen LogP contribution in [0.5, 0.6) is 0 Å². The van der Waals surface area contributed by atoms with Gasteiger partial charge in [0.1, 0.15) is 5.69 Å². The molecular weight excluding hydrogens is 296 g/mol. The maximum absolute atomic E-state index is 12.3. The molecule has 0 aliphatic carbocycles. The molecule has 3 aromatic heterocycles. The smallest absolute Gasteiger partial charge is 0.215 e. The van der Waals surface area contributed by atoms with Crippen molar-refractivity contribution in [1.29, 1.82) is 0 Å². The number of hydrogen-bond donors (Lipinski definition) is 0. The van der Waals surface area contributed by atoms with E-state index in [4.69, 9.17) is 0 Å². The molecule has 3 aromatic rings. The van der Waals surface area contributed by atoms with Gasteiger partial charge in [-0.3, -0.25) is 14.8 Å². The van der Waals surface area contributed by atoms with Crippen LogP contribution in [0.2, 0.25) is 0 Å². The Hall–Kier alpha value is -2.08. The summed E-state index contributed by atoms with van der Waals surface area (Å²) in [6.07, 6.45) is 8.11. The fraction of sp³-hybridized carbons (Fsp3) is 0. The highest BCUT2D eigenvalue weighted by atomic mass is 79.9. The highest BCUT2D eigenvalue weighted by molar-refractivity contribution is 9.10. The average molecular weight is 303 g/mol. The zero-order valence-electron chi connectivity index (χ0n) is 9.12. The molecule has 88 valence electrons. The number of halogens is 1. The van der Waals surface area contributed by atoms with E-state index >= 15 is 0 Å². The molecule has 0 bridgehead atoms. The van der Waals surface area contributed by atoms with E-state index in [9.17, 15) is 4.79 Å². The summed E-state index contributed by atoms with van der Waals surface area (Å²) >= 11 is 3.33. The van der Waals surface area contributed by atoms with E-state index < -0.39 is 0 Å². The molecule has 0 amide bonds. The molecule has 0 aliphatic heterocycles. The van der Waals surface area contributed by atoms with Crippen molar-refractivity contribution in [2.75, 3.05) is 0 Å². The summed E-state index contributed by atoms with van der Waals surface area (Å²) in [4.78, 5) is 20.2. The lowest BCUT2D eigenvalue weighted by molar-refractivity contribution is 0.103. The van der Waals surface area contributed by atoms with E-state index in [2.05, 4.69) is 31.0 Å². The second-order valence-electron chi connectivity index (χ2n) is 3.66. The summed E-state index contributed by atoms with van der Waals surface area (Å²) in [5, 5.41) is 4.21. The number of carbonyl (C=O) groups excluding carboxylic acids is 1. The monoisotopic (exact) mass is 302 g/mol. The zero-order valence-corrected chi connectivity index (χ0v) is 10.7. The summed E-state index contributed by atoms with van der Waals surface area (Å²) in [5.74, 6) is -0.168. The number of rotatable bonds is 2. The van der Waals surface area contributed by atoms with Gasteiger partial charge in [0.25, 0.3) is 0 Å². The van der Waals surface area contributed by atoms with Crippen LogP contribution in [0.3, 0.4) is 0 Å². The van der Waals surface area contributed by atoms with Crippen molar-refractivity contribution in [2.24, 2.45) is 0 Å². The lowest BCUT2D eigenvalue weighted by atomic mass is 10.1. The SMILES string of the molecule is O=C(c1cc2cnccn2n1)c1cnccc1Br. The van der Waals surface area contributed by atoms with Crippen molar-refractivity contribution >= 4 is 27.2 Å². The Morgan fingerprint density at radius 1 is 1.22 bits per heavy atom. The van der Waals surface area contributed by atoms with Crippen molar-refractivity contribution in [3.05, 3.63) is 58.8 Å². The van der Waals surface area contributed by atoms with Crippen LogP contribution in [-0.4, -0.2) is 25.4 Å². The van der Waals surface area contributed by atoms with Gasteiger partial charge in [0, 0.05) is 29.3 Å². The Labute approximate surface area is 111 Å². The van der Waals surface area contributed by atoms with Crippen LogP contribution >= 0.6 is 15.9 Å². The minimum absolute atomic E-state index is 0.168. The lowest BCUT2D eigenvalue weighted by Gasteiger charge is -1.98. The molecule has 0 atom stereocenters. The first-order valence-corrected chi connectivity index (χ1v) is 5.98. The summed E-state index contributed by atoms with van der Waals surface area (Å²) in [7, 11) is 0. The minimum Gasteiger partial charge on any atom is -0.287 e. The molecule has 0 fully saturated rings. The molecule has 0 radical (unpaired) electrons. The fourth-order valence-electron chi connectivity index (χ4n) is 1.64. The molecule has 3 heterocycles. The Morgan fingerprint density at radius 3 is 2.83 bits per heavy atom. The van der Waals surface area contributed by atoms with Gasteiger partial charge in [0.15, 0.2) is 0 Å². The van der Waals surface area contributed by atoms with Crippen LogP contribution in [-0.2, 0) is 0 Å². The number of carbonyl (C=O) groups is 1. The quantitative estimate of drug-likeness (QED) is 0.680. The van der Waals surface area contributed by atoms with Crippen molar-refractivity contribution < 1.29 is 4.79 Å². The van der Waals surface area contributed by atoms with Crippen LogP contribution in [0.4, 0.5) is 0 Å². The second-order valence-corrected chi connectivity index (χ2v) is 4.51. The number of nitrogens with zero attached hydrogens (tertiary/aromatic N) is 4. The van der Waals surface area contributed by atoms with E-state index in [1.54, 1.807) is 41.4 Å². The Morgan fingerprint density at radius 2 is 2.06 bits per heavy atom. The summed E-state index contributed by atoms with van der Waals surface area (Å²) in [5.41, 5.74) is 1.64. The van der Waals surface area contributed by atoms with Gasteiger partial charge in [-0.15, -0.1) is 0 Å². The third-order valence-corrected chi connectivity index (χ3v) is 3.20. The number of ketones is 1. The molecule has 5 nitrogen and oxygen atoms in total. The molecule has 0 saturated carbocycles. The van der Waals surface area contributed by atoms with Crippen LogP contribution in [0, 0.1) is 0 Å². The molecule has 0 aromatic carbocycles. The van der Waals surface area contributed by atoms with Crippen LogP contribution in [0.1, 0.15) is 16.1 Å². The summed E-state index contributed by atoms with van der Waals surface area (Å²) in [6, 6.07) is 3.43. The van der Waals surface area contributed by atoms with E-state index in [1.165, 1.54) is 6.20 Å². The Bertz CT molecular complexity index is 705. The fourth-order valence-corrected chi connectivity index (χ4v) is 2.04. The second kappa shape index (κ2) is 4.30. The number of aromatic nitrogens is 4. The third kappa shape index (κ3) is 1.80. The molecular formula is C12H7BrN4O. The van der Waals surface area contributed by atoms with Crippen LogP contribution in [0.15, 0.2) is 47.6 Å². The maximum atomic E-state index is 12.3. The average Bonchev–Trinajstić information content (AvgIpc) is 2.82. The largest absolute Gasteiger partial charge is 0.287 e. The van der Waals surface area contributed by atoms with Gasteiger partial charge >= 0.3 is 0 Å². The van der Waals surface area contributed by atoms with E-state index in [0.717, 1.165) is 5.52 Å². The van der Waals surface area contributed by atoms with Gasteiger partial charge in [-0.1, -0.05) is 0 Å². The standard InChI is InChI=1S/C12H7BrN4O/c13-10-1-2-14-7-9(10)12(18)11-5-8-6-15-3-4-17(8)16-11/h1-7H. The van der Waals surface area contributed by atoms with Gasteiger partial charge in [0.05, 0.1) is 17.3 Å².